The van der Waals surface area contributed by atoms with Crippen LogP contribution in [0, 0.1) is 5.92 Å². The van der Waals surface area contributed by atoms with Crippen molar-refractivity contribution in [2.75, 3.05) is 0 Å². The number of hydrogen-bond donors (Lipinski definition) is 1. The molecule has 0 spiro atoms. The van der Waals surface area contributed by atoms with E-state index < -0.39 is 5.60 Å². The van der Waals surface area contributed by atoms with Crippen LogP contribution >= 0.6 is 22.9 Å². The van der Waals surface area contributed by atoms with E-state index in [1.54, 1.807) is 0 Å². The quantitative estimate of drug-likeness (QED) is 0.771. The van der Waals surface area contributed by atoms with Crippen molar-refractivity contribution in [3.8, 4) is 0 Å². The van der Waals surface area contributed by atoms with Crippen molar-refractivity contribution in [2.45, 2.75) is 57.5 Å². The molecule has 1 aliphatic rings. The van der Waals surface area contributed by atoms with Gasteiger partial charge in [-0.3, -0.25) is 0 Å². The number of aliphatic hydroxyl groups is 1. The normalized spacial score (nSPS) is 30.2. The molecule has 0 saturated heterocycles. The summed E-state index contributed by atoms with van der Waals surface area (Å²) in [5.41, 5.74) is -0.611. The van der Waals surface area contributed by atoms with Crippen LogP contribution in [0.25, 0.3) is 0 Å². The van der Waals surface area contributed by atoms with Crippen LogP contribution in [-0.2, 0) is 5.60 Å². The number of halogens is 1. The fraction of sp³-hybridized carbons (Fsp3) is 0.714. The van der Waals surface area contributed by atoms with Gasteiger partial charge in [-0.25, -0.2) is 0 Å². The molecular formula is C14H21ClOS. The van der Waals surface area contributed by atoms with E-state index in [1.807, 2.05) is 12.1 Å². The van der Waals surface area contributed by atoms with Gasteiger partial charge in [0.1, 0.15) is 0 Å². The van der Waals surface area contributed by atoms with E-state index in [4.69, 9.17) is 11.6 Å². The van der Waals surface area contributed by atoms with E-state index >= 15 is 0 Å². The molecule has 1 nitrogen and oxygen atoms in total. The maximum atomic E-state index is 10.8. The molecule has 0 aromatic carbocycles. The minimum atomic E-state index is -0.611. The van der Waals surface area contributed by atoms with Crippen molar-refractivity contribution < 1.29 is 5.11 Å². The molecule has 2 unspecified atom stereocenters. The molecule has 0 amide bonds. The maximum Gasteiger partial charge on any atom is 0.0988 e. The van der Waals surface area contributed by atoms with Gasteiger partial charge in [0, 0.05) is 4.88 Å². The average molecular weight is 273 g/mol. The fourth-order valence-corrected chi connectivity index (χ4v) is 4.09. The Morgan fingerprint density at radius 1 is 1.41 bits per heavy atom. The van der Waals surface area contributed by atoms with Crippen LogP contribution in [0.2, 0.25) is 4.34 Å². The van der Waals surface area contributed by atoms with E-state index in [-0.39, 0.29) is 0 Å². The first kappa shape index (κ1) is 13.4. The molecule has 96 valence electrons. The van der Waals surface area contributed by atoms with Crippen LogP contribution in [0.1, 0.15) is 56.7 Å². The number of hydrogen-bond acceptors (Lipinski definition) is 2. The van der Waals surface area contributed by atoms with Crippen LogP contribution in [0.15, 0.2) is 12.1 Å². The van der Waals surface area contributed by atoms with Gasteiger partial charge in [0.25, 0.3) is 0 Å². The molecule has 1 N–H and O–H groups in total. The topological polar surface area (TPSA) is 20.2 Å². The molecule has 2 atom stereocenters. The molecule has 1 aromatic heterocycles. The van der Waals surface area contributed by atoms with Crippen LogP contribution < -0.4 is 0 Å². The zero-order chi connectivity index (χ0) is 12.3. The highest BCUT2D eigenvalue weighted by molar-refractivity contribution is 7.16. The number of rotatable bonds is 3. The third-order valence-corrected chi connectivity index (χ3v) is 5.32. The van der Waals surface area contributed by atoms with E-state index in [2.05, 4.69) is 6.92 Å². The Morgan fingerprint density at radius 3 is 2.88 bits per heavy atom. The lowest BCUT2D eigenvalue weighted by atomic mass is 9.91. The van der Waals surface area contributed by atoms with Crippen LogP contribution in [0.4, 0.5) is 0 Å². The second-order valence-corrected chi connectivity index (χ2v) is 6.94. The molecule has 0 aliphatic heterocycles. The van der Waals surface area contributed by atoms with Gasteiger partial charge in [0.15, 0.2) is 0 Å². The van der Waals surface area contributed by atoms with Gasteiger partial charge in [0.2, 0.25) is 0 Å². The second kappa shape index (κ2) is 5.73. The predicted molar refractivity (Wildman–Crippen MR) is 74.7 cm³/mol. The van der Waals surface area contributed by atoms with Crippen LogP contribution in [0.3, 0.4) is 0 Å². The first-order chi connectivity index (χ1) is 8.14. The van der Waals surface area contributed by atoms with E-state index in [1.165, 1.54) is 30.6 Å². The van der Waals surface area contributed by atoms with E-state index in [0.717, 1.165) is 40.8 Å². The van der Waals surface area contributed by atoms with E-state index in [0.29, 0.717) is 0 Å². The molecular weight excluding hydrogens is 252 g/mol. The lowest BCUT2D eigenvalue weighted by Crippen LogP contribution is -2.23. The lowest BCUT2D eigenvalue weighted by molar-refractivity contribution is 0.0232. The summed E-state index contributed by atoms with van der Waals surface area (Å²) in [7, 11) is 0. The highest BCUT2D eigenvalue weighted by atomic mass is 35.5. The third kappa shape index (κ3) is 3.24. The molecule has 1 heterocycles. The van der Waals surface area contributed by atoms with Crippen molar-refractivity contribution >= 4 is 22.9 Å². The summed E-state index contributed by atoms with van der Waals surface area (Å²) in [4.78, 5) is 1.06. The minimum Gasteiger partial charge on any atom is -0.384 e. The monoisotopic (exact) mass is 272 g/mol. The zero-order valence-corrected chi connectivity index (χ0v) is 12.0. The standard InChI is InChI=1S/C14H21ClOS/c1-2-4-11-5-3-9-14(16,10-8-11)12-6-7-13(15)17-12/h6-7,11,16H,2-5,8-10H2,1H3. The summed E-state index contributed by atoms with van der Waals surface area (Å²) >= 11 is 7.50. The van der Waals surface area contributed by atoms with Gasteiger partial charge in [-0.1, -0.05) is 37.8 Å². The molecule has 3 heteroatoms. The Balaban J connectivity index is 2.06. The van der Waals surface area contributed by atoms with Crippen molar-refractivity contribution in [1.29, 1.82) is 0 Å². The van der Waals surface area contributed by atoms with Gasteiger partial charge < -0.3 is 5.11 Å². The van der Waals surface area contributed by atoms with Gasteiger partial charge in [-0.15, -0.1) is 11.3 Å². The summed E-state index contributed by atoms with van der Waals surface area (Å²) in [6.45, 7) is 2.25. The first-order valence-corrected chi connectivity index (χ1v) is 7.81. The van der Waals surface area contributed by atoms with Gasteiger partial charge in [0.05, 0.1) is 9.94 Å². The van der Waals surface area contributed by atoms with Crippen LogP contribution in [0.5, 0.6) is 0 Å². The molecule has 0 radical (unpaired) electrons. The van der Waals surface area contributed by atoms with Crippen molar-refractivity contribution in [3.05, 3.63) is 21.3 Å². The van der Waals surface area contributed by atoms with Gasteiger partial charge >= 0.3 is 0 Å². The Labute approximate surface area is 113 Å². The first-order valence-electron chi connectivity index (χ1n) is 6.62. The maximum absolute atomic E-state index is 10.8. The fourth-order valence-electron chi connectivity index (χ4n) is 2.90. The molecule has 1 fully saturated rings. The molecule has 1 saturated carbocycles. The largest absolute Gasteiger partial charge is 0.384 e. The van der Waals surface area contributed by atoms with Gasteiger partial charge in [-0.05, 0) is 43.7 Å². The van der Waals surface area contributed by atoms with Gasteiger partial charge in [-0.2, -0.15) is 0 Å². The Morgan fingerprint density at radius 2 is 2.24 bits per heavy atom. The molecule has 17 heavy (non-hydrogen) atoms. The molecule has 2 rings (SSSR count). The van der Waals surface area contributed by atoms with Crippen molar-refractivity contribution in [1.82, 2.24) is 0 Å². The smallest absolute Gasteiger partial charge is 0.0988 e. The summed E-state index contributed by atoms with van der Waals surface area (Å²) in [5, 5.41) is 10.8. The molecule has 0 bridgehead atoms. The Hall–Kier alpha value is -0.0500. The van der Waals surface area contributed by atoms with Crippen molar-refractivity contribution in [2.24, 2.45) is 5.92 Å². The van der Waals surface area contributed by atoms with E-state index in [9.17, 15) is 5.11 Å². The summed E-state index contributed by atoms with van der Waals surface area (Å²) in [6, 6.07) is 3.89. The highest BCUT2D eigenvalue weighted by Crippen LogP contribution is 2.42. The minimum absolute atomic E-state index is 0.611. The third-order valence-electron chi connectivity index (χ3n) is 3.90. The summed E-state index contributed by atoms with van der Waals surface area (Å²) in [5.74, 6) is 0.810. The number of thiophene rings is 1. The Kier molecular flexibility index (Phi) is 4.51. The second-order valence-electron chi connectivity index (χ2n) is 5.22. The lowest BCUT2D eigenvalue weighted by Gasteiger charge is -2.25. The molecule has 1 aromatic rings. The van der Waals surface area contributed by atoms with Crippen LogP contribution in [-0.4, -0.2) is 5.11 Å². The predicted octanol–water partition coefficient (Wildman–Crippen LogP) is 4.97. The molecule has 1 aliphatic carbocycles. The highest BCUT2D eigenvalue weighted by Gasteiger charge is 2.33. The zero-order valence-electron chi connectivity index (χ0n) is 10.4. The SMILES string of the molecule is CCCC1CCCC(O)(c2ccc(Cl)s2)CC1. The van der Waals surface area contributed by atoms with Crippen molar-refractivity contribution in [3.63, 3.8) is 0 Å². The average Bonchev–Trinajstić information content (AvgIpc) is 2.65. The Bertz CT molecular complexity index is 363. The summed E-state index contributed by atoms with van der Waals surface area (Å²) < 4.78 is 0.780. The summed E-state index contributed by atoms with van der Waals surface area (Å²) in [6.07, 6.45) is 7.92.